The molecule has 0 aliphatic rings. The van der Waals surface area contributed by atoms with Crippen molar-refractivity contribution in [2.45, 2.75) is 39.7 Å². The third kappa shape index (κ3) is 4.57. The van der Waals surface area contributed by atoms with Gasteiger partial charge in [-0.2, -0.15) is 5.10 Å². The van der Waals surface area contributed by atoms with Gasteiger partial charge in [0.05, 0.1) is 12.7 Å². The molecule has 0 aliphatic carbocycles. The van der Waals surface area contributed by atoms with Crippen LogP contribution in [0, 0.1) is 6.92 Å². The summed E-state index contributed by atoms with van der Waals surface area (Å²) in [6.45, 7) is 6.54. The van der Waals surface area contributed by atoms with Crippen LogP contribution >= 0.6 is 0 Å². The highest BCUT2D eigenvalue weighted by atomic mass is 16.1. The average molecular weight is 223 g/mol. The van der Waals surface area contributed by atoms with Crippen LogP contribution in [0.1, 0.15) is 31.7 Å². The number of aromatic nitrogens is 2. The van der Waals surface area contributed by atoms with Gasteiger partial charge < -0.3 is 5.32 Å². The summed E-state index contributed by atoms with van der Waals surface area (Å²) < 4.78 is 1.50. The molecule has 0 amide bonds. The van der Waals surface area contributed by atoms with E-state index >= 15 is 0 Å². The van der Waals surface area contributed by atoms with Crippen LogP contribution in [0.4, 0.5) is 0 Å². The molecular weight excluding hydrogens is 202 g/mol. The molecule has 1 aromatic heterocycles. The first kappa shape index (κ1) is 12.9. The fraction of sp³-hybridized carbons (Fsp3) is 0.667. The molecule has 1 rings (SSSR count). The number of hydrogen-bond acceptors (Lipinski definition) is 3. The maximum absolute atomic E-state index is 11.5. The number of rotatable bonds is 7. The highest BCUT2D eigenvalue weighted by molar-refractivity contribution is 5.02. The monoisotopic (exact) mass is 223 g/mol. The summed E-state index contributed by atoms with van der Waals surface area (Å²) in [5, 5.41) is 7.39. The van der Waals surface area contributed by atoms with E-state index in [0.717, 1.165) is 18.7 Å². The second-order valence-electron chi connectivity index (χ2n) is 4.05. The molecule has 4 nitrogen and oxygen atoms in total. The molecule has 1 N–H and O–H groups in total. The maximum atomic E-state index is 11.5. The minimum atomic E-state index is -0.0182. The van der Waals surface area contributed by atoms with Gasteiger partial charge in [0.15, 0.2) is 0 Å². The lowest BCUT2D eigenvalue weighted by atomic mass is 10.2. The molecule has 0 unspecified atom stereocenters. The predicted molar refractivity (Wildman–Crippen MR) is 65.6 cm³/mol. The van der Waals surface area contributed by atoms with Crippen molar-refractivity contribution in [1.82, 2.24) is 15.1 Å². The van der Waals surface area contributed by atoms with E-state index in [2.05, 4.69) is 17.3 Å². The molecule has 0 fully saturated rings. The molecule has 0 spiro atoms. The zero-order chi connectivity index (χ0) is 11.8. The van der Waals surface area contributed by atoms with Crippen molar-refractivity contribution >= 4 is 0 Å². The number of aryl methyl sites for hydroxylation is 1. The normalized spacial score (nSPS) is 10.6. The van der Waals surface area contributed by atoms with Crippen LogP contribution in [0.15, 0.2) is 17.1 Å². The van der Waals surface area contributed by atoms with Gasteiger partial charge in [-0.3, -0.25) is 4.79 Å². The van der Waals surface area contributed by atoms with E-state index in [1.807, 2.05) is 6.92 Å². The third-order valence-electron chi connectivity index (χ3n) is 2.46. The van der Waals surface area contributed by atoms with Gasteiger partial charge in [0, 0.05) is 12.6 Å². The predicted octanol–water partition coefficient (Wildman–Crippen LogP) is 1.33. The molecule has 0 saturated carbocycles. The van der Waals surface area contributed by atoms with Gasteiger partial charge in [-0.25, -0.2) is 4.68 Å². The highest BCUT2D eigenvalue weighted by Gasteiger charge is 1.96. The summed E-state index contributed by atoms with van der Waals surface area (Å²) in [6.07, 6.45) is 5.42. The fourth-order valence-electron chi connectivity index (χ4n) is 1.50. The molecule has 1 heterocycles. The molecule has 0 atom stereocenters. The number of nitrogens with zero attached hydrogens (tertiary/aromatic N) is 2. The first-order chi connectivity index (χ1) is 7.74. The van der Waals surface area contributed by atoms with Gasteiger partial charge in [0.1, 0.15) is 0 Å². The van der Waals surface area contributed by atoms with Crippen LogP contribution in [0.2, 0.25) is 0 Å². The molecule has 0 radical (unpaired) electrons. The van der Waals surface area contributed by atoms with Gasteiger partial charge in [-0.15, -0.1) is 0 Å². The molecule has 16 heavy (non-hydrogen) atoms. The Morgan fingerprint density at radius 3 is 2.88 bits per heavy atom. The number of hydrogen-bond donors (Lipinski definition) is 1. The van der Waals surface area contributed by atoms with Gasteiger partial charge in [0.2, 0.25) is 0 Å². The summed E-state index contributed by atoms with van der Waals surface area (Å²) in [5.74, 6) is 0. The van der Waals surface area contributed by atoms with Crippen molar-refractivity contribution in [2.24, 2.45) is 0 Å². The van der Waals surface area contributed by atoms with E-state index in [9.17, 15) is 4.79 Å². The van der Waals surface area contributed by atoms with Crippen LogP contribution < -0.4 is 10.9 Å². The van der Waals surface area contributed by atoms with E-state index < -0.39 is 0 Å². The zero-order valence-corrected chi connectivity index (χ0v) is 10.2. The van der Waals surface area contributed by atoms with Gasteiger partial charge in [-0.1, -0.05) is 19.8 Å². The van der Waals surface area contributed by atoms with Crippen molar-refractivity contribution in [1.29, 1.82) is 0 Å². The Balaban J connectivity index is 2.24. The number of nitrogens with one attached hydrogen (secondary N) is 1. The molecule has 0 aliphatic heterocycles. The first-order valence-electron chi connectivity index (χ1n) is 5.98. The first-order valence-corrected chi connectivity index (χ1v) is 5.98. The van der Waals surface area contributed by atoms with Crippen molar-refractivity contribution in [3.63, 3.8) is 0 Å². The SMILES string of the molecule is CCCCCNCCn1ncc(C)cc1=O. The molecule has 1 aromatic rings. The fourth-order valence-corrected chi connectivity index (χ4v) is 1.50. The van der Waals surface area contributed by atoms with Crippen LogP contribution in [-0.4, -0.2) is 22.9 Å². The lowest BCUT2D eigenvalue weighted by Gasteiger charge is -2.06. The summed E-state index contributed by atoms with van der Waals surface area (Å²) in [7, 11) is 0. The summed E-state index contributed by atoms with van der Waals surface area (Å²) in [5.41, 5.74) is 0.896. The summed E-state index contributed by atoms with van der Waals surface area (Å²) in [6, 6.07) is 1.62. The summed E-state index contributed by atoms with van der Waals surface area (Å²) in [4.78, 5) is 11.5. The maximum Gasteiger partial charge on any atom is 0.267 e. The van der Waals surface area contributed by atoms with Crippen molar-refractivity contribution < 1.29 is 0 Å². The smallest absolute Gasteiger partial charge is 0.267 e. The van der Waals surface area contributed by atoms with Crippen molar-refractivity contribution in [2.75, 3.05) is 13.1 Å². The van der Waals surface area contributed by atoms with E-state index in [-0.39, 0.29) is 5.56 Å². The van der Waals surface area contributed by atoms with E-state index in [1.54, 1.807) is 12.3 Å². The highest BCUT2D eigenvalue weighted by Crippen LogP contribution is 1.91. The Kier molecular flexibility index (Phi) is 5.78. The van der Waals surface area contributed by atoms with Crippen molar-refractivity contribution in [3.8, 4) is 0 Å². The van der Waals surface area contributed by atoms with E-state index in [1.165, 1.54) is 23.9 Å². The van der Waals surface area contributed by atoms with E-state index in [0.29, 0.717) is 6.54 Å². The van der Waals surface area contributed by atoms with Gasteiger partial charge in [-0.05, 0) is 25.5 Å². The van der Waals surface area contributed by atoms with Crippen LogP contribution in [0.25, 0.3) is 0 Å². The van der Waals surface area contributed by atoms with Gasteiger partial charge in [0.25, 0.3) is 5.56 Å². The molecule has 0 bridgehead atoms. The largest absolute Gasteiger partial charge is 0.315 e. The van der Waals surface area contributed by atoms with Crippen LogP contribution in [0.3, 0.4) is 0 Å². The Bertz CT molecular complexity index is 360. The second kappa shape index (κ2) is 7.17. The summed E-state index contributed by atoms with van der Waals surface area (Å²) >= 11 is 0. The Morgan fingerprint density at radius 2 is 2.19 bits per heavy atom. The minimum absolute atomic E-state index is 0.0182. The standard InChI is InChI=1S/C12H21N3O/c1-3-4-5-6-13-7-8-15-12(16)9-11(2)10-14-15/h9-10,13H,3-8H2,1-2H3. The lowest BCUT2D eigenvalue weighted by molar-refractivity contribution is 0.520. The van der Waals surface area contributed by atoms with E-state index in [4.69, 9.17) is 0 Å². The average Bonchev–Trinajstić information content (AvgIpc) is 2.26. The minimum Gasteiger partial charge on any atom is -0.315 e. The topological polar surface area (TPSA) is 46.9 Å². The second-order valence-corrected chi connectivity index (χ2v) is 4.05. The third-order valence-corrected chi connectivity index (χ3v) is 2.46. The zero-order valence-electron chi connectivity index (χ0n) is 10.2. The number of unbranched alkanes of at least 4 members (excludes halogenated alkanes) is 2. The van der Waals surface area contributed by atoms with Crippen LogP contribution in [-0.2, 0) is 6.54 Å². The lowest BCUT2D eigenvalue weighted by Crippen LogP contribution is -2.29. The van der Waals surface area contributed by atoms with Crippen molar-refractivity contribution in [3.05, 3.63) is 28.2 Å². The van der Waals surface area contributed by atoms with Crippen LogP contribution in [0.5, 0.6) is 0 Å². The molecule has 0 aromatic carbocycles. The van der Waals surface area contributed by atoms with Gasteiger partial charge >= 0.3 is 0 Å². The molecule has 90 valence electrons. The molecule has 0 saturated heterocycles. The Labute approximate surface area is 96.7 Å². The molecule has 4 heteroatoms. The quantitative estimate of drug-likeness (QED) is 0.709. The molecular formula is C12H21N3O. The Hall–Kier alpha value is -1.16. The Morgan fingerprint density at radius 1 is 1.38 bits per heavy atom.